The number of carbonyl (C=O) groups is 1. The minimum absolute atomic E-state index is 0.0124. The van der Waals surface area contributed by atoms with Gasteiger partial charge < -0.3 is 15.1 Å². The zero-order chi connectivity index (χ0) is 23.6. The molecule has 0 aromatic heterocycles. The molecule has 2 saturated carbocycles. The molecule has 3 atom stereocenters. The maximum Gasteiger partial charge on any atom is 0.243 e. The summed E-state index contributed by atoms with van der Waals surface area (Å²) in [5.41, 5.74) is 1.55. The molecule has 1 aromatic rings. The Kier molecular flexibility index (Phi) is 7.66. The van der Waals surface area contributed by atoms with Gasteiger partial charge in [0, 0.05) is 45.7 Å². The van der Waals surface area contributed by atoms with Gasteiger partial charge in [-0.15, -0.1) is 0 Å². The highest BCUT2D eigenvalue weighted by Crippen LogP contribution is 2.49. The van der Waals surface area contributed by atoms with Crippen LogP contribution in [0.2, 0.25) is 0 Å². The molecule has 3 fully saturated rings. The number of rotatable bonds is 9. The molecule has 1 aliphatic heterocycles. The third-order valence-corrected chi connectivity index (χ3v) is 10.1. The highest BCUT2D eigenvalue weighted by atomic mass is 32.2. The predicted molar refractivity (Wildman–Crippen MR) is 133 cm³/mol. The van der Waals surface area contributed by atoms with Crippen LogP contribution in [0.3, 0.4) is 0 Å². The Morgan fingerprint density at radius 2 is 1.79 bits per heavy atom. The summed E-state index contributed by atoms with van der Waals surface area (Å²) in [6.45, 7) is 11.4. The molecule has 0 unspecified atom stereocenters. The van der Waals surface area contributed by atoms with Crippen LogP contribution in [0.5, 0.6) is 0 Å². The van der Waals surface area contributed by atoms with Crippen molar-refractivity contribution >= 4 is 27.3 Å². The number of hydrogen-bond donors (Lipinski definition) is 1. The summed E-state index contributed by atoms with van der Waals surface area (Å²) in [7, 11) is -3.59. The maximum absolute atomic E-state index is 13.2. The molecule has 1 N–H and O–H groups in total. The van der Waals surface area contributed by atoms with E-state index >= 15 is 0 Å². The summed E-state index contributed by atoms with van der Waals surface area (Å²) in [5.74, 6) is 1.98. The molecule has 1 heterocycles. The number of nitrogens with zero attached hydrogens (tertiary/aromatic N) is 3. The predicted octanol–water partition coefficient (Wildman–Crippen LogP) is 3.62. The Morgan fingerprint density at radius 3 is 2.36 bits per heavy atom. The van der Waals surface area contributed by atoms with Crippen LogP contribution in [0.4, 0.5) is 11.4 Å². The molecule has 2 aliphatic carbocycles. The van der Waals surface area contributed by atoms with Gasteiger partial charge in [-0.25, -0.2) is 8.42 Å². The van der Waals surface area contributed by atoms with Gasteiger partial charge in [0.25, 0.3) is 0 Å². The summed E-state index contributed by atoms with van der Waals surface area (Å²) in [6, 6.07) is 5.25. The topological polar surface area (TPSA) is 73.0 Å². The fourth-order valence-electron chi connectivity index (χ4n) is 6.13. The largest absolute Gasteiger partial charge is 0.367 e. The normalized spacial score (nSPS) is 25.7. The Labute approximate surface area is 199 Å². The van der Waals surface area contributed by atoms with Gasteiger partial charge in [-0.2, -0.15) is 4.31 Å². The van der Waals surface area contributed by atoms with E-state index in [9.17, 15) is 13.2 Å². The van der Waals surface area contributed by atoms with Crippen molar-refractivity contribution < 1.29 is 13.2 Å². The van der Waals surface area contributed by atoms with E-state index < -0.39 is 10.0 Å². The standard InChI is InChI=1S/C25H40N4O3S/c1-4-27-11-13-28(14-12-27)24-10-9-22(33(31,32)29(5-2)6-3)18-23(24)26-25(30)17-21-16-19-7-8-20(21)15-19/h9-10,18-21H,4-8,11-17H2,1-3H3,(H,26,30)/t19-,20-,21+/m1/s1. The number of carbonyl (C=O) groups excluding carboxylic acids is 1. The van der Waals surface area contributed by atoms with Crippen LogP contribution in [0.25, 0.3) is 0 Å². The van der Waals surface area contributed by atoms with Gasteiger partial charge in [0.2, 0.25) is 15.9 Å². The number of piperazine rings is 1. The number of anilines is 2. The molecule has 1 aromatic carbocycles. The highest BCUT2D eigenvalue weighted by molar-refractivity contribution is 7.89. The number of fused-ring (bicyclic) bond motifs is 2. The molecule has 33 heavy (non-hydrogen) atoms. The van der Waals surface area contributed by atoms with E-state index in [1.165, 1.54) is 30.0 Å². The molecular formula is C25H40N4O3S. The summed E-state index contributed by atoms with van der Waals surface area (Å²) in [5, 5.41) is 3.13. The Morgan fingerprint density at radius 1 is 1.06 bits per heavy atom. The fourth-order valence-corrected chi connectivity index (χ4v) is 7.62. The van der Waals surface area contributed by atoms with E-state index in [0.717, 1.165) is 44.3 Å². The molecule has 2 bridgehead atoms. The van der Waals surface area contributed by atoms with Gasteiger partial charge in [-0.3, -0.25) is 4.79 Å². The lowest BCUT2D eigenvalue weighted by atomic mass is 9.86. The molecule has 8 heteroatoms. The van der Waals surface area contributed by atoms with E-state index in [-0.39, 0.29) is 10.8 Å². The van der Waals surface area contributed by atoms with Crippen molar-refractivity contribution in [3.05, 3.63) is 18.2 Å². The molecule has 3 aliphatic rings. The second kappa shape index (κ2) is 10.3. The molecule has 7 nitrogen and oxygen atoms in total. The SMILES string of the molecule is CCN1CCN(c2ccc(S(=O)(=O)N(CC)CC)cc2NC(=O)C[C@@H]2C[C@@H]3CC[C@@H]2C3)CC1. The number of amides is 1. The monoisotopic (exact) mass is 476 g/mol. The van der Waals surface area contributed by atoms with E-state index in [0.29, 0.717) is 37.0 Å². The number of hydrogen-bond acceptors (Lipinski definition) is 5. The molecular weight excluding hydrogens is 436 g/mol. The zero-order valence-corrected chi connectivity index (χ0v) is 21.2. The average Bonchev–Trinajstić information content (AvgIpc) is 3.43. The average molecular weight is 477 g/mol. The van der Waals surface area contributed by atoms with Gasteiger partial charge in [0.05, 0.1) is 16.3 Å². The summed E-state index contributed by atoms with van der Waals surface area (Å²) in [6.07, 6.45) is 5.56. The fraction of sp³-hybridized carbons (Fsp3) is 0.720. The lowest BCUT2D eigenvalue weighted by Crippen LogP contribution is -2.46. The molecule has 184 valence electrons. The first-order valence-electron chi connectivity index (χ1n) is 12.8. The van der Waals surface area contributed by atoms with Gasteiger partial charge >= 0.3 is 0 Å². The quantitative estimate of drug-likeness (QED) is 0.589. The van der Waals surface area contributed by atoms with E-state index in [1.54, 1.807) is 12.1 Å². The minimum atomic E-state index is -3.59. The smallest absolute Gasteiger partial charge is 0.243 e. The van der Waals surface area contributed by atoms with Crippen LogP contribution in [-0.4, -0.2) is 69.3 Å². The summed E-state index contributed by atoms with van der Waals surface area (Å²) >= 11 is 0. The summed E-state index contributed by atoms with van der Waals surface area (Å²) in [4.78, 5) is 18.0. The van der Waals surface area contributed by atoms with Crippen LogP contribution in [0.15, 0.2) is 23.1 Å². The van der Waals surface area contributed by atoms with Crippen molar-refractivity contribution in [1.29, 1.82) is 0 Å². The van der Waals surface area contributed by atoms with Gasteiger partial charge in [0.15, 0.2) is 0 Å². The molecule has 4 rings (SSSR count). The first-order valence-corrected chi connectivity index (χ1v) is 14.2. The first kappa shape index (κ1) is 24.5. The highest BCUT2D eigenvalue weighted by Gasteiger charge is 2.40. The third-order valence-electron chi connectivity index (χ3n) is 8.08. The number of likely N-dealkylation sites (N-methyl/N-ethyl adjacent to an activating group) is 1. The summed E-state index contributed by atoms with van der Waals surface area (Å²) < 4.78 is 27.8. The van der Waals surface area contributed by atoms with Gasteiger partial charge in [0.1, 0.15) is 0 Å². The van der Waals surface area contributed by atoms with Gasteiger partial charge in [-0.05, 0) is 61.8 Å². The van der Waals surface area contributed by atoms with Crippen LogP contribution in [0.1, 0.15) is 52.9 Å². The second-order valence-electron chi connectivity index (χ2n) is 9.88. The number of nitrogens with one attached hydrogen (secondary N) is 1. The third kappa shape index (κ3) is 5.23. The lowest BCUT2D eigenvalue weighted by molar-refractivity contribution is -0.117. The maximum atomic E-state index is 13.2. The number of sulfonamides is 1. The Balaban J connectivity index is 1.57. The second-order valence-corrected chi connectivity index (χ2v) is 11.8. The van der Waals surface area contributed by atoms with Crippen LogP contribution >= 0.6 is 0 Å². The minimum Gasteiger partial charge on any atom is -0.367 e. The molecule has 0 spiro atoms. The van der Waals surface area contributed by atoms with Crippen molar-refractivity contribution in [2.24, 2.45) is 17.8 Å². The van der Waals surface area contributed by atoms with Crippen LogP contribution in [0, 0.1) is 17.8 Å². The Bertz CT molecular complexity index is 939. The van der Waals surface area contributed by atoms with E-state index in [1.807, 2.05) is 19.9 Å². The van der Waals surface area contributed by atoms with Crippen LogP contribution in [-0.2, 0) is 14.8 Å². The van der Waals surface area contributed by atoms with Gasteiger partial charge in [-0.1, -0.05) is 27.2 Å². The number of benzene rings is 1. The van der Waals surface area contributed by atoms with Crippen molar-refractivity contribution in [2.45, 2.75) is 57.8 Å². The Hall–Kier alpha value is -1.64. The van der Waals surface area contributed by atoms with E-state index in [4.69, 9.17) is 0 Å². The lowest BCUT2D eigenvalue weighted by Gasteiger charge is -2.36. The van der Waals surface area contributed by atoms with Crippen molar-refractivity contribution in [2.75, 3.05) is 56.0 Å². The molecule has 1 saturated heterocycles. The first-order chi connectivity index (χ1) is 15.8. The van der Waals surface area contributed by atoms with E-state index in [2.05, 4.69) is 22.0 Å². The zero-order valence-electron chi connectivity index (χ0n) is 20.4. The van der Waals surface area contributed by atoms with Crippen molar-refractivity contribution in [3.8, 4) is 0 Å². The molecule has 1 amide bonds. The van der Waals surface area contributed by atoms with Crippen LogP contribution < -0.4 is 10.2 Å². The van der Waals surface area contributed by atoms with Crippen molar-refractivity contribution in [3.63, 3.8) is 0 Å². The molecule has 0 radical (unpaired) electrons. The van der Waals surface area contributed by atoms with Crippen molar-refractivity contribution in [1.82, 2.24) is 9.21 Å².